The van der Waals surface area contributed by atoms with Crippen LogP contribution in [0, 0.1) is 0 Å². The van der Waals surface area contributed by atoms with Gasteiger partial charge in [0.1, 0.15) is 5.69 Å². The lowest BCUT2D eigenvalue weighted by molar-refractivity contribution is -0.858. The van der Waals surface area contributed by atoms with E-state index in [0.717, 1.165) is 13.0 Å². The molecule has 0 atom stereocenters. The van der Waals surface area contributed by atoms with Gasteiger partial charge in [-0.2, -0.15) is 5.10 Å². The zero-order valence-corrected chi connectivity index (χ0v) is 9.54. The molecule has 1 amide bonds. The number of carbonyl (C=O) groups is 1. The van der Waals surface area contributed by atoms with E-state index in [-0.39, 0.29) is 17.2 Å². The fourth-order valence-corrected chi connectivity index (χ4v) is 1.21. The average Bonchev–Trinajstić information content (AvgIpc) is 2.25. The third-order valence-corrected chi connectivity index (χ3v) is 2.05. The molecule has 1 aromatic heterocycles. The summed E-state index contributed by atoms with van der Waals surface area (Å²) < 4.78 is 0. The minimum atomic E-state index is -0.312. The van der Waals surface area contributed by atoms with Gasteiger partial charge >= 0.3 is 0 Å². The number of quaternary nitrogens is 1. The van der Waals surface area contributed by atoms with Crippen LogP contribution >= 0.6 is 0 Å². The number of rotatable bonds is 5. The van der Waals surface area contributed by atoms with Gasteiger partial charge < -0.3 is 10.2 Å². The maximum absolute atomic E-state index is 11.5. The predicted molar refractivity (Wildman–Crippen MR) is 59.5 cm³/mol. The lowest BCUT2D eigenvalue weighted by Gasteiger charge is -2.07. The summed E-state index contributed by atoms with van der Waals surface area (Å²) in [5.74, 6) is -0.259. The summed E-state index contributed by atoms with van der Waals surface area (Å²) in [6, 6.07) is 2.69. The Kier molecular flexibility index (Phi) is 4.65. The maximum atomic E-state index is 11.5. The summed E-state index contributed by atoms with van der Waals surface area (Å²) in [4.78, 5) is 23.6. The summed E-state index contributed by atoms with van der Waals surface area (Å²) in [6.07, 6.45) is 0.914. The monoisotopic (exact) mass is 225 g/mol. The van der Waals surface area contributed by atoms with E-state index in [9.17, 15) is 9.59 Å². The Hall–Kier alpha value is -1.69. The highest BCUT2D eigenvalue weighted by Gasteiger charge is 2.06. The molecule has 16 heavy (non-hydrogen) atoms. The molecule has 0 radical (unpaired) electrons. The molecule has 0 aliphatic rings. The van der Waals surface area contributed by atoms with Crippen molar-refractivity contribution in [3.63, 3.8) is 0 Å². The second-order valence-corrected chi connectivity index (χ2v) is 3.87. The minimum absolute atomic E-state index is 0.233. The van der Waals surface area contributed by atoms with Crippen molar-refractivity contribution in [2.75, 3.05) is 27.2 Å². The van der Waals surface area contributed by atoms with Gasteiger partial charge in [0.2, 0.25) is 0 Å². The van der Waals surface area contributed by atoms with E-state index in [0.29, 0.717) is 6.54 Å². The molecule has 0 aliphatic carbocycles. The number of nitrogens with one attached hydrogen (secondary N) is 3. The Labute approximate surface area is 93.7 Å². The van der Waals surface area contributed by atoms with Crippen molar-refractivity contribution in [1.29, 1.82) is 0 Å². The van der Waals surface area contributed by atoms with Gasteiger partial charge in [0.25, 0.3) is 11.5 Å². The summed E-state index contributed by atoms with van der Waals surface area (Å²) >= 11 is 0. The SMILES string of the molecule is C[NH+](C)CCCNC(=O)c1ccc(=O)[nH]n1. The number of aromatic amines is 1. The molecular formula is C10H17N4O2+. The zero-order valence-electron chi connectivity index (χ0n) is 9.54. The summed E-state index contributed by atoms with van der Waals surface area (Å²) in [5, 5.41) is 8.59. The highest BCUT2D eigenvalue weighted by Crippen LogP contribution is 1.87. The number of carbonyl (C=O) groups excluding carboxylic acids is 1. The number of H-pyrrole nitrogens is 1. The molecule has 0 saturated carbocycles. The second-order valence-electron chi connectivity index (χ2n) is 3.87. The molecule has 1 heterocycles. The Morgan fingerprint density at radius 3 is 2.81 bits per heavy atom. The lowest BCUT2D eigenvalue weighted by atomic mass is 10.3. The van der Waals surface area contributed by atoms with Crippen molar-refractivity contribution in [2.45, 2.75) is 6.42 Å². The summed E-state index contributed by atoms with van der Waals surface area (Å²) in [5.41, 5.74) is -0.0791. The molecule has 0 spiro atoms. The van der Waals surface area contributed by atoms with Gasteiger partial charge in [-0.05, 0) is 6.07 Å². The van der Waals surface area contributed by atoms with Gasteiger partial charge in [-0.25, -0.2) is 5.10 Å². The van der Waals surface area contributed by atoms with E-state index < -0.39 is 0 Å². The predicted octanol–water partition coefficient (Wildman–Crippen LogP) is -1.97. The van der Waals surface area contributed by atoms with Crippen molar-refractivity contribution in [1.82, 2.24) is 15.5 Å². The van der Waals surface area contributed by atoms with E-state index in [1.165, 1.54) is 17.0 Å². The Morgan fingerprint density at radius 2 is 2.25 bits per heavy atom. The Morgan fingerprint density at radius 1 is 1.50 bits per heavy atom. The number of hydrogen-bond donors (Lipinski definition) is 3. The fraction of sp³-hybridized carbons (Fsp3) is 0.500. The molecule has 1 aromatic rings. The smallest absolute Gasteiger partial charge is 0.271 e. The van der Waals surface area contributed by atoms with Gasteiger partial charge in [0.15, 0.2) is 0 Å². The first-order chi connectivity index (χ1) is 7.59. The van der Waals surface area contributed by atoms with Gasteiger partial charge in [0.05, 0.1) is 20.6 Å². The lowest BCUT2D eigenvalue weighted by Crippen LogP contribution is -3.05. The molecule has 0 unspecified atom stereocenters. The van der Waals surface area contributed by atoms with Gasteiger partial charge in [-0.1, -0.05) is 0 Å². The number of aromatic nitrogens is 2. The van der Waals surface area contributed by atoms with Crippen LogP contribution in [0.5, 0.6) is 0 Å². The molecule has 3 N–H and O–H groups in total. The third-order valence-electron chi connectivity index (χ3n) is 2.05. The van der Waals surface area contributed by atoms with Crippen LogP contribution in [0.15, 0.2) is 16.9 Å². The summed E-state index contributed by atoms with van der Waals surface area (Å²) in [6.45, 7) is 1.62. The molecule has 0 fully saturated rings. The molecule has 0 bridgehead atoms. The molecule has 0 aromatic carbocycles. The van der Waals surface area contributed by atoms with E-state index in [1.54, 1.807) is 0 Å². The van der Waals surface area contributed by atoms with Gasteiger partial charge in [-0.15, -0.1) is 0 Å². The number of amides is 1. The van der Waals surface area contributed by atoms with Crippen molar-refractivity contribution < 1.29 is 9.69 Å². The quantitative estimate of drug-likeness (QED) is 0.509. The summed E-state index contributed by atoms with van der Waals surface area (Å²) in [7, 11) is 4.12. The van der Waals surface area contributed by atoms with Crippen LogP contribution < -0.4 is 15.8 Å². The van der Waals surface area contributed by atoms with E-state index in [4.69, 9.17) is 0 Å². The molecule has 0 aliphatic heterocycles. The molecule has 1 rings (SSSR count). The van der Waals surface area contributed by atoms with Crippen molar-refractivity contribution in [2.24, 2.45) is 0 Å². The normalized spacial score (nSPS) is 10.4. The standard InChI is InChI=1S/C10H16N4O2/c1-14(2)7-3-6-11-10(16)8-4-5-9(15)13-12-8/h4-5H,3,6-7H2,1-2H3,(H,11,16)(H,13,15)/p+1. The van der Waals surface area contributed by atoms with E-state index in [1.807, 2.05) is 0 Å². The number of hydrogen-bond acceptors (Lipinski definition) is 3. The Balaban J connectivity index is 2.35. The van der Waals surface area contributed by atoms with Crippen LogP contribution in [0.3, 0.4) is 0 Å². The molecule has 0 saturated heterocycles. The van der Waals surface area contributed by atoms with Crippen molar-refractivity contribution in [3.8, 4) is 0 Å². The van der Waals surface area contributed by atoms with Crippen LogP contribution in [-0.4, -0.2) is 43.3 Å². The maximum Gasteiger partial charge on any atom is 0.271 e. The van der Waals surface area contributed by atoms with Gasteiger partial charge in [0, 0.05) is 19.0 Å². The molecule has 6 heteroatoms. The highest BCUT2D eigenvalue weighted by molar-refractivity contribution is 5.91. The third kappa shape index (κ3) is 4.22. The first-order valence-corrected chi connectivity index (χ1v) is 5.22. The Bertz CT molecular complexity index is 380. The average molecular weight is 225 g/mol. The molecule has 88 valence electrons. The van der Waals surface area contributed by atoms with Crippen LogP contribution in [0.2, 0.25) is 0 Å². The van der Waals surface area contributed by atoms with Crippen molar-refractivity contribution >= 4 is 5.91 Å². The number of nitrogens with zero attached hydrogens (tertiary/aromatic N) is 1. The van der Waals surface area contributed by atoms with E-state index in [2.05, 4.69) is 29.6 Å². The first kappa shape index (κ1) is 12.4. The molecule has 6 nitrogen and oxygen atoms in total. The van der Waals surface area contributed by atoms with Gasteiger partial charge in [-0.3, -0.25) is 9.59 Å². The van der Waals surface area contributed by atoms with Crippen LogP contribution in [0.1, 0.15) is 16.9 Å². The van der Waals surface area contributed by atoms with E-state index >= 15 is 0 Å². The van der Waals surface area contributed by atoms with Crippen LogP contribution in [0.25, 0.3) is 0 Å². The zero-order chi connectivity index (χ0) is 12.0. The second kappa shape index (κ2) is 6.02. The highest BCUT2D eigenvalue weighted by atomic mass is 16.2. The largest absolute Gasteiger partial charge is 0.350 e. The van der Waals surface area contributed by atoms with Crippen LogP contribution in [0.4, 0.5) is 0 Å². The van der Waals surface area contributed by atoms with Crippen LogP contribution in [-0.2, 0) is 0 Å². The van der Waals surface area contributed by atoms with Crippen molar-refractivity contribution in [3.05, 3.63) is 28.2 Å². The first-order valence-electron chi connectivity index (χ1n) is 5.22. The fourth-order valence-electron chi connectivity index (χ4n) is 1.21. The minimum Gasteiger partial charge on any atom is -0.350 e. The molecular weight excluding hydrogens is 208 g/mol. The topological polar surface area (TPSA) is 79.3 Å².